The molecule has 0 bridgehead atoms. The first-order chi connectivity index (χ1) is 7.87. The van der Waals surface area contributed by atoms with Crippen LogP contribution in [0.4, 0.5) is 0 Å². The van der Waals surface area contributed by atoms with Crippen molar-refractivity contribution in [2.45, 2.75) is 33.6 Å². The van der Waals surface area contributed by atoms with E-state index in [4.69, 9.17) is 15.9 Å². The first-order valence-corrected chi connectivity index (χ1v) is 5.91. The Kier molecular flexibility index (Phi) is 4.55. The van der Waals surface area contributed by atoms with Crippen LogP contribution in [0.2, 0.25) is 0 Å². The average Bonchev–Trinajstić information content (AvgIpc) is 2.18. The lowest BCUT2D eigenvalue weighted by Gasteiger charge is -2.18. The molecule has 0 spiro atoms. The highest BCUT2D eigenvalue weighted by molar-refractivity contribution is 5.79. The molecule has 0 fully saturated rings. The molecular weight excluding hydrogens is 212 g/mol. The molecule has 0 aliphatic carbocycles. The van der Waals surface area contributed by atoms with E-state index in [0.717, 1.165) is 24.3 Å². The van der Waals surface area contributed by atoms with Gasteiger partial charge in [-0.2, -0.15) is 0 Å². The van der Waals surface area contributed by atoms with Crippen molar-refractivity contribution < 1.29 is 4.74 Å². The Balaban J connectivity index is 2.43. The van der Waals surface area contributed by atoms with E-state index in [1.165, 1.54) is 0 Å². The number of hydrogen-bond acceptors (Lipinski definition) is 2. The smallest absolute Gasteiger partial charge is 0.119 e. The molecule has 0 aromatic heterocycles. The Morgan fingerprint density at radius 2 is 1.82 bits per heavy atom. The molecule has 0 atom stereocenters. The topological polar surface area (TPSA) is 59.1 Å². The first-order valence-electron chi connectivity index (χ1n) is 5.91. The standard InChI is InChI=1S/C14H22N2O/c1-14(2,3)8-9-17-12-6-4-11(5-7-12)10-13(15)16/h4-7H,8-10H2,1-3H3,(H3,15,16). The molecule has 1 aromatic carbocycles. The van der Waals surface area contributed by atoms with Gasteiger partial charge in [-0.25, -0.2) is 0 Å². The van der Waals surface area contributed by atoms with E-state index in [0.29, 0.717) is 11.8 Å². The van der Waals surface area contributed by atoms with Gasteiger partial charge < -0.3 is 10.5 Å². The van der Waals surface area contributed by atoms with E-state index in [9.17, 15) is 0 Å². The lowest BCUT2D eigenvalue weighted by molar-refractivity contribution is 0.243. The molecule has 0 saturated heterocycles. The predicted molar refractivity (Wildman–Crippen MR) is 71.6 cm³/mol. The van der Waals surface area contributed by atoms with Crippen LogP contribution in [-0.2, 0) is 6.42 Å². The second-order valence-corrected chi connectivity index (χ2v) is 5.51. The van der Waals surface area contributed by atoms with Crippen molar-refractivity contribution in [1.29, 1.82) is 5.41 Å². The summed E-state index contributed by atoms with van der Waals surface area (Å²) in [5, 5.41) is 7.21. The molecule has 0 unspecified atom stereocenters. The monoisotopic (exact) mass is 234 g/mol. The maximum atomic E-state index is 7.21. The largest absolute Gasteiger partial charge is 0.494 e. The molecule has 3 N–H and O–H groups in total. The molecule has 0 radical (unpaired) electrons. The van der Waals surface area contributed by atoms with Gasteiger partial charge in [-0.05, 0) is 29.5 Å². The zero-order valence-electron chi connectivity index (χ0n) is 10.9. The Morgan fingerprint density at radius 3 is 2.29 bits per heavy atom. The maximum absolute atomic E-state index is 7.21. The van der Waals surface area contributed by atoms with Gasteiger partial charge in [-0.15, -0.1) is 0 Å². The van der Waals surface area contributed by atoms with Crippen LogP contribution in [0, 0.1) is 10.8 Å². The van der Waals surface area contributed by atoms with Crippen LogP contribution in [0.15, 0.2) is 24.3 Å². The normalized spacial score (nSPS) is 11.2. The minimum absolute atomic E-state index is 0.186. The van der Waals surface area contributed by atoms with Crippen LogP contribution >= 0.6 is 0 Å². The van der Waals surface area contributed by atoms with Crippen LogP contribution in [0.5, 0.6) is 5.75 Å². The van der Waals surface area contributed by atoms with Crippen molar-refractivity contribution in [3.63, 3.8) is 0 Å². The Hall–Kier alpha value is -1.51. The zero-order chi connectivity index (χ0) is 12.9. The predicted octanol–water partition coefficient (Wildman–Crippen LogP) is 2.98. The number of amidine groups is 1. The molecule has 0 amide bonds. The van der Waals surface area contributed by atoms with Gasteiger partial charge in [0.2, 0.25) is 0 Å². The Labute approximate surface area is 103 Å². The molecule has 0 saturated carbocycles. The second kappa shape index (κ2) is 5.71. The van der Waals surface area contributed by atoms with Crippen molar-refractivity contribution in [3.8, 4) is 5.75 Å². The van der Waals surface area contributed by atoms with Gasteiger partial charge in [0.25, 0.3) is 0 Å². The third-order valence-electron chi connectivity index (χ3n) is 2.44. The zero-order valence-corrected chi connectivity index (χ0v) is 10.9. The number of nitrogens with two attached hydrogens (primary N) is 1. The molecule has 0 aliphatic rings. The number of hydrogen-bond donors (Lipinski definition) is 2. The lowest BCUT2D eigenvalue weighted by atomic mass is 9.93. The molecule has 1 rings (SSSR count). The molecule has 3 heteroatoms. The van der Waals surface area contributed by atoms with E-state index in [2.05, 4.69) is 20.8 Å². The van der Waals surface area contributed by atoms with Crippen molar-refractivity contribution in [2.75, 3.05) is 6.61 Å². The van der Waals surface area contributed by atoms with Gasteiger partial charge in [-0.3, -0.25) is 5.41 Å². The fraction of sp³-hybridized carbons (Fsp3) is 0.500. The number of ether oxygens (including phenoxy) is 1. The van der Waals surface area contributed by atoms with Crippen molar-refractivity contribution >= 4 is 5.84 Å². The molecule has 17 heavy (non-hydrogen) atoms. The van der Waals surface area contributed by atoms with Crippen LogP contribution in [0.1, 0.15) is 32.8 Å². The van der Waals surface area contributed by atoms with Crippen LogP contribution in [-0.4, -0.2) is 12.4 Å². The third kappa shape index (κ3) is 5.95. The third-order valence-corrected chi connectivity index (χ3v) is 2.44. The van der Waals surface area contributed by atoms with E-state index in [1.54, 1.807) is 0 Å². The fourth-order valence-electron chi connectivity index (χ4n) is 1.40. The van der Waals surface area contributed by atoms with Crippen LogP contribution in [0.3, 0.4) is 0 Å². The molecule has 94 valence electrons. The highest BCUT2D eigenvalue weighted by atomic mass is 16.5. The summed E-state index contributed by atoms with van der Waals surface area (Å²) in [6.07, 6.45) is 1.53. The van der Waals surface area contributed by atoms with Gasteiger partial charge in [-0.1, -0.05) is 32.9 Å². The SMILES string of the molecule is CC(C)(C)CCOc1ccc(CC(=N)N)cc1. The van der Waals surface area contributed by atoms with E-state index >= 15 is 0 Å². The minimum atomic E-state index is 0.186. The summed E-state index contributed by atoms with van der Waals surface area (Å²) in [5.74, 6) is 1.06. The second-order valence-electron chi connectivity index (χ2n) is 5.51. The average molecular weight is 234 g/mol. The van der Waals surface area contributed by atoms with E-state index in [1.807, 2.05) is 24.3 Å². The summed E-state index contributed by atoms with van der Waals surface area (Å²) in [6.45, 7) is 7.33. The molecule has 0 aliphatic heterocycles. The summed E-state index contributed by atoms with van der Waals surface area (Å²) in [5.41, 5.74) is 6.69. The van der Waals surface area contributed by atoms with Crippen LogP contribution < -0.4 is 10.5 Å². The molecular formula is C14H22N2O. The van der Waals surface area contributed by atoms with Crippen molar-refractivity contribution in [1.82, 2.24) is 0 Å². The molecule has 3 nitrogen and oxygen atoms in total. The number of benzene rings is 1. The van der Waals surface area contributed by atoms with Gasteiger partial charge in [0.05, 0.1) is 12.4 Å². The molecule has 1 aromatic rings. The minimum Gasteiger partial charge on any atom is -0.494 e. The fourth-order valence-corrected chi connectivity index (χ4v) is 1.40. The Morgan fingerprint density at radius 1 is 1.24 bits per heavy atom. The van der Waals surface area contributed by atoms with Crippen LogP contribution in [0.25, 0.3) is 0 Å². The highest BCUT2D eigenvalue weighted by Crippen LogP contribution is 2.19. The summed E-state index contributed by atoms with van der Waals surface area (Å²) in [4.78, 5) is 0. The van der Waals surface area contributed by atoms with Gasteiger partial charge in [0.15, 0.2) is 0 Å². The van der Waals surface area contributed by atoms with Gasteiger partial charge in [0, 0.05) is 6.42 Å². The van der Waals surface area contributed by atoms with Crippen molar-refractivity contribution in [3.05, 3.63) is 29.8 Å². The van der Waals surface area contributed by atoms with E-state index in [-0.39, 0.29) is 5.84 Å². The number of rotatable bonds is 5. The molecule has 0 heterocycles. The summed E-state index contributed by atoms with van der Waals surface area (Å²) in [6, 6.07) is 7.77. The first kappa shape index (κ1) is 13.6. The van der Waals surface area contributed by atoms with E-state index < -0.39 is 0 Å². The quantitative estimate of drug-likeness (QED) is 0.608. The van der Waals surface area contributed by atoms with Gasteiger partial charge >= 0.3 is 0 Å². The number of nitrogens with one attached hydrogen (secondary N) is 1. The van der Waals surface area contributed by atoms with Gasteiger partial charge in [0.1, 0.15) is 5.75 Å². The summed E-state index contributed by atoms with van der Waals surface area (Å²) < 4.78 is 5.66. The van der Waals surface area contributed by atoms with Crippen molar-refractivity contribution in [2.24, 2.45) is 11.1 Å². The lowest BCUT2D eigenvalue weighted by Crippen LogP contribution is -2.12. The maximum Gasteiger partial charge on any atom is 0.119 e. The summed E-state index contributed by atoms with van der Waals surface area (Å²) in [7, 11) is 0. The Bertz CT molecular complexity index is 363. The highest BCUT2D eigenvalue weighted by Gasteiger charge is 2.09. The summed E-state index contributed by atoms with van der Waals surface area (Å²) >= 11 is 0.